The fourth-order valence-corrected chi connectivity index (χ4v) is 1.47. The molecule has 0 aromatic rings. The molecular formula is C12H27NO3. The molecule has 0 amide bonds. The lowest BCUT2D eigenvalue weighted by molar-refractivity contribution is -0.0102. The minimum Gasteiger partial charge on any atom is -0.395 e. The number of rotatable bonds is 10. The van der Waals surface area contributed by atoms with Gasteiger partial charge in [-0.05, 0) is 26.8 Å². The molecule has 0 aliphatic rings. The van der Waals surface area contributed by atoms with Crippen LogP contribution in [0.5, 0.6) is 0 Å². The van der Waals surface area contributed by atoms with Crippen molar-refractivity contribution in [2.24, 2.45) is 0 Å². The number of nitrogens with zero attached hydrogens (tertiary/aromatic N) is 1. The molecule has 0 bridgehead atoms. The van der Waals surface area contributed by atoms with E-state index in [1.165, 1.54) is 0 Å². The first-order valence-corrected chi connectivity index (χ1v) is 6.23. The summed E-state index contributed by atoms with van der Waals surface area (Å²) in [5.74, 6) is 0. The van der Waals surface area contributed by atoms with E-state index in [0.717, 1.165) is 19.4 Å². The van der Waals surface area contributed by atoms with E-state index in [1.54, 1.807) is 0 Å². The molecule has 1 unspecified atom stereocenters. The SMILES string of the molecule is CCCCN(CCO)CC(O)COC(C)C. The van der Waals surface area contributed by atoms with E-state index in [1.807, 2.05) is 13.8 Å². The Balaban J connectivity index is 3.77. The summed E-state index contributed by atoms with van der Waals surface area (Å²) in [6, 6.07) is 0. The summed E-state index contributed by atoms with van der Waals surface area (Å²) in [6.07, 6.45) is 1.90. The minimum absolute atomic E-state index is 0.140. The molecule has 4 nitrogen and oxygen atoms in total. The molecule has 16 heavy (non-hydrogen) atoms. The van der Waals surface area contributed by atoms with Crippen molar-refractivity contribution in [1.82, 2.24) is 4.90 Å². The lowest BCUT2D eigenvalue weighted by Crippen LogP contribution is -2.37. The summed E-state index contributed by atoms with van der Waals surface area (Å²) in [5.41, 5.74) is 0. The first-order valence-electron chi connectivity index (χ1n) is 6.23. The van der Waals surface area contributed by atoms with E-state index in [2.05, 4.69) is 11.8 Å². The third-order valence-corrected chi connectivity index (χ3v) is 2.34. The van der Waals surface area contributed by atoms with Crippen LogP contribution in [0, 0.1) is 0 Å². The molecule has 2 N–H and O–H groups in total. The largest absolute Gasteiger partial charge is 0.395 e. The van der Waals surface area contributed by atoms with Crippen molar-refractivity contribution in [2.45, 2.75) is 45.8 Å². The van der Waals surface area contributed by atoms with E-state index in [9.17, 15) is 5.11 Å². The number of aliphatic hydroxyl groups excluding tert-OH is 2. The van der Waals surface area contributed by atoms with Gasteiger partial charge in [0.1, 0.15) is 0 Å². The molecule has 0 aromatic heterocycles. The molecule has 0 aromatic carbocycles. The molecule has 0 aliphatic heterocycles. The van der Waals surface area contributed by atoms with Gasteiger partial charge in [-0.3, -0.25) is 4.90 Å². The molecular weight excluding hydrogens is 206 g/mol. The van der Waals surface area contributed by atoms with Crippen molar-refractivity contribution in [3.05, 3.63) is 0 Å². The van der Waals surface area contributed by atoms with Crippen molar-refractivity contribution >= 4 is 0 Å². The fourth-order valence-electron chi connectivity index (χ4n) is 1.47. The molecule has 0 radical (unpaired) electrons. The highest BCUT2D eigenvalue weighted by molar-refractivity contribution is 4.64. The summed E-state index contributed by atoms with van der Waals surface area (Å²) in [6.45, 7) is 8.68. The van der Waals surface area contributed by atoms with Crippen LogP contribution in [-0.2, 0) is 4.74 Å². The minimum atomic E-state index is -0.467. The van der Waals surface area contributed by atoms with Gasteiger partial charge in [0.05, 0.1) is 25.4 Å². The van der Waals surface area contributed by atoms with Gasteiger partial charge in [0, 0.05) is 13.1 Å². The maximum absolute atomic E-state index is 9.75. The Kier molecular flexibility index (Phi) is 9.92. The van der Waals surface area contributed by atoms with E-state index >= 15 is 0 Å². The predicted octanol–water partition coefficient (Wildman–Crippen LogP) is 0.867. The van der Waals surface area contributed by atoms with Gasteiger partial charge in [-0.15, -0.1) is 0 Å². The van der Waals surface area contributed by atoms with Crippen molar-refractivity contribution in [3.8, 4) is 0 Å². The third kappa shape index (κ3) is 9.09. The molecule has 0 aliphatic carbocycles. The Labute approximate surface area is 99.2 Å². The average molecular weight is 233 g/mol. The van der Waals surface area contributed by atoms with Gasteiger partial charge in [0.25, 0.3) is 0 Å². The van der Waals surface area contributed by atoms with Gasteiger partial charge in [-0.25, -0.2) is 0 Å². The highest BCUT2D eigenvalue weighted by Gasteiger charge is 2.11. The van der Waals surface area contributed by atoms with Gasteiger partial charge in [0.2, 0.25) is 0 Å². The third-order valence-electron chi connectivity index (χ3n) is 2.34. The Morgan fingerprint density at radius 1 is 1.25 bits per heavy atom. The topological polar surface area (TPSA) is 52.9 Å². The first-order chi connectivity index (χ1) is 7.60. The van der Waals surface area contributed by atoms with Crippen LogP contribution in [0.4, 0.5) is 0 Å². The van der Waals surface area contributed by atoms with Crippen molar-refractivity contribution < 1.29 is 14.9 Å². The average Bonchev–Trinajstić information content (AvgIpc) is 2.23. The van der Waals surface area contributed by atoms with Crippen LogP contribution in [0.3, 0.4) is 0 Å². The second-order valence-electron chi connectivity index (χ2n) is 4.41. The van der Waals surface area contributed by atoms with Crippen molar-refractivity contribution in [3.63, 3.8) is 0 Å². The number of ether oxygens (including phenoxy) is 1. The summed E-state index contributed by atoms with van der Waals surface area (Å²) in [5, 5.41) is 18.7. The second kappa shape index (κ2) is 10.0. The predicted molar refractivity (Wildman–Crippen MR) is 65.5 cm³/mol. The molecule has 0 saturated heterocycles. The number of hydrogen-bond donors (Lipinski definition) is 2. The van der Waals surface area contributed by atoms with Crippen LogP contribution >= 0.6 is 0 Å². The van der Waals surface area contributed by atoms with Gasteiger partial charge >= 0.3 is 0 Å². The number of hydrogen-bond acceptors (Lipinski definition) is 4. The lowest BCUT2D eigenvalue weighted by atomic mass is 10.2. The van der Waals surface area contributed by atoms with Gasteiger partial charge in [-0.1, -0.05) is 13.3 Å². The van der Waals surface area contributed by atoms with Crippen LogP contribution < -0.4 is 0 Å². The lowest BCUT2D eigenvalue weighted by Gasteiger charge is -2.24. The molecule has 0 saturated carbocycles. The summed E-state index contributed by atoms with van der Waals surface area (Å²) in [4.78, 5) is 2.08. The molecule has 1 atom stereocenters. The van der Waals surface area contributed by atoms with E-state index in [-0.39, 0.29) is 12.7 Å². The van der Waals surface area contributed by atoms with Crippen LogP contribution in [0.15, 0.2) is 0 Å². The second-order valence-corrected chi connectivity index (χ2v) is 4.41. The van der Waals surface area contributed by atoms with E-state index in [0.29, 0.717) is 19.7 Å². The molecule has 0 fully saturated rings. The quantitative estimate of drug-likeness (QED) is 0.588. The van der Waals surface area contributed by atoms with Crippen LogP contribution in [0.2, 0.25) is 0 Å². The fraction of sp³-hybridized carbons (Fsp3) is 1.00. The summed E-state index contributed by atoms with van der Waals surface area (Å²) < 4.78 is 5.35. The zero-order valence-electron chi connectivity index (χ0n) is 10.9. The van der Waals surface area contributed by atoms with E-state index in [4.69, 9.17) is 9.84 Å². The molecule has 98 valence electrons. The monoisotopic (exact) mass is 233 g/mol. The molecule has 0 heterocycles. The van der Waals surface area contributed by atoms with Crippen molar-refractivity contribution in [1.29, 1.82) is 0 Å². The first kappa shape index (κ1) is 15.8. The highest BCUT2D eigenvalue weighted by atomic mass is 16.5. The normalized spacial score (nSPS) is 13.7. The Bertz CT molecular complexity index is 153. The van der Waals surface area contributed by atoms with Crippen LogP contribution in [0.25, 0.3) is 0 Å². The zero-order chi connectivity index (χ0) is 12.4. The highest BCUT2D eigenvalue weighted by Crippen LogP contribution is 1.99. The molecule has 4 heteroatoms. The smallest absolute Gasteiger partial charge is 0.0900 e. The maximum Gasteiger partial charge on any atom is 0.0900 e. The molecule has 0 rings (SSSR count). The van der Waals surface area contributed by atoms with E-state index < -0.39 is 6.10 Å². The zero-order valence-corrected chi connectivity index (χ0v) is 10.9. The maximum atomic E-state index is 9.75. The Hall–Kier alpha value is -0.160. The van der Waals surface area contributed by atoms with Crippen LogP contribution in [-0.4, -0.2) is 60.2 Å². The van der Waals surface area contributed by atoms with Gasteiger partial charge in [-0.2, -0.15) is 0 Å². The van der Waals surface area contributed by atoms with Crippen LogP contribution in [0.1, 0.15) is 33.6 Å². The standard InChI is InChI=1S/C12H27NO3/c1-4-5-6-13(7-8-14)9-12(15)10-16-11(2)3/h11-12,14-15H,4-10H2,1-3H3. The Morgan fingerprint density at radius 2 is 1.94 bits per heavy atom. The number of unbranched alkanes of at least 4 members (excludes halogenated alkanes) is 1. The number of aliphatic hydroxyl groups is 2. The Morgan fingerprint density at radius 3 is 2.44 bits per heavy atom. The van der Waals surface area contributed by atoms with Gasteiger partial charge < -0.3 is 14.9 Å². The van der Waals surface area contributed by atoms with Crippen molar-refractivity contribution in [2.75, 3.05) is 32.8 Å². The summed E-state index contributed by atoms with van der Waals surface area (Å²) >= 11 is 0. The summed E-state index contributed by atoms with van der Waals surface area (Å²) in [7, 11) is 0. The molecule has 0 spiro atoms. The van der Waals surface area contributed by atoms with Gasteiger partial charge in [0.15, 0.2) is 0 Å².